The molecule has 6 atom stereocenters. The molecule has 0 heterocycles. The van der Waals surface area contributed by atoms with Gasteiger partial charge in [-0.3, -0.25) is 9.59 Å². The zero-order chi connectivity index (χ0) is 31.7. The Morgan fingerprint density at radius 2 is 1.61 bits per heavy atom. The van der Waals surface area contributed by atoms with Crippen LogP contribution in [0.15, 0.2) is 35.9 Å². The molecule has 0 saturated heterocycles. The Morgan fingerprint density at radius 3 is 2.27 bits per heavy atom. The highest BCUT2D eigenvalue weighted by molar-refractivity contribution is 6.18. The average Bonchev–Trinajstić information content (AvgIpc) is 3.29. The molecular weight excluding hydrogens is 605 g/mol. The van der Waals surface area contributed by atoms with E-state index < -0.39 is 29.7 Å². The largest absolute Gasteiger partial charge is 0.514 e. The molecule has 5 rings (SSSR count). The zero-order valence-corrected chi connectivity index (χ0v) is 27.4. The minimum Gasteiger partial charge on any atom is -0.448 e. The van der Waals surface area contributed by atoms with E-state index in [-0.39, 0.29) is 28.6 Å². The van der Waals surface area contributed by atoms with Crippen molar-refractivity contribution in [3.8, 4) is 5.75 Å². The van der Waals surface area contributed by atoms with Crippen LogP contribution in [0.1, 0.15) is 72.1 Å². The number of hydrogen-bond donors (Lipinski definition) is 0. The standard InChI is InChI=1S/C34H43Cl2NO7/c1-22(38)34(44-30(40)21-42-31(41)43-26-7-5-24(6-8-26)37(18-16-35)19-17-36)15-12-29-27-9-4-23-20-25(39)10-13-32(23,2)28(27)11-14-33(29,34)3/h5-8,20,27-29H,4,9-19,21H2,1-3H3/t27-,28+,29+,32+,33+,34+/m1/s1. The molecule has 3 fully saturated rings. The highest BCUT2D eigenvalue weighted by Gasteiger charge is 2.67. The number of nitrogens with zero attached hydrogens (tertiary/aromatic N) is 1. The molecule has 0 radical (unpaired) electrons. The maximum atomic E-state index is 13.3. The average molecular weight is 649 g/mol. The van der Waals surface area contributed by atoms with Gasteiger partial charge in [0.1, 0.15) is 5.75 Å². The van der Waals surface area contributed by atoms with Crippen LogP contribution < -0.4 is 9.64 Å². The molecule has 0 spiro atoms. The lowest BCUT2D eigenvalue weighted by Crippen LogP contribution is -2.59. The van der Waals surface area contributed by atoms with Crippen LogP contribution in [-0.4, -0.2) is 60.7 Å². The van der Waals surface area contributed by atoms with Crippen LogP contribution in [0, 0.1) is 28.6 Å². The molecule has 0 unspecified atom stereocenters. The molecule has 8 nitrogen and oxygen atoms in total. The van der Waals surface area contributed by atoms with E-state index in [1.165, 1.54) is 12.5 Å². The van der Waals surface area contributed by atoms with E-state index in [0.29, 0.717) is 49.5 Å². The van der Waals surface area contributed by atoms with Gasteiger partial charge in [-0.25, -0.2) is 9.59 Å². The fourth-order valence-electron chi connectivity index (χ4n) is 9.14. The van der Waals surface area contributed by atoms with Crippen LogP contribution in [-0.2, 0) is 23.9 Å². The number of halogens is 2. The number of hydrogen-bond acceptors (Lipinski definition) is 8. The first-order valence-corrected chi connectivity index (χ1v) is 16.8. The highest BCUT2D eigenvalue weighted by Crippen LogP contribution is 2.68. The van der Waals surface area contributed by atoms with Gasteiger partial charge >= 0.3 is 12.1 Å². The third-order valence-electron chi connectivity index (χ3n) is 11.4. The number of rotatable bonds is 10. The number of anilines is 1. The van der Waals surface area contributed by atoms with Gasteiger partial charge in [-0.1, -0.05) is 19.4 Å². The fourth-order valence-corrected chi connectivity index (χ4v) is 9.55. The summed E-state index contributed by atoms with van der Waals surface area (Å²) < 4.78 is 16.4. The van der Waals surface area contributed by atoms with Gasteiger partial charge in [0, 0.05) is 42.4 Å². The number of alkyl halides is 2. The molecule has 240 valence electrons. The summed E-state index contributed by atoms with van der Waals surface area (Å²) in [6.07, 6.45) is 7.15. The zero-order valence-electron chi connectivity index (χ0n) is 25.9. The summed E-state index contributed by atoms with van der Waals surface area (Å²) in [4.78, 5) is 53.0. The lowest BCUT2D eigenvalue weighted by atomic mass is 9.46. The lowest BCUT2D eigenvalue weighted by molar-refractivity contribution is -0.191. The summed E-state index contributed by atoms with van der Waals surface area (Å²) in [6, 6.07) is 6.83. The van der Waals surface area contributed by atoms with Crippen LogP contribution in [0.5, 0.6) is 5.75 Å². The number of Topliss-reactive ketones (excluding diaryl/α,β-unsaturated/α-hetero) is 1. The third-order valence-corrected chi connectivity index (χ3v) is 11.7. The van der Waals surface area contributed by atoms with E-state index in [9.17, 15) is 19.2 Å². The van der Waals surface area contributed by atoms with E-state index in [4.69, 9.17) is 37.4 Å². The van der Waals surface area contributed by atoms with E-state index >= 15 is 0 Å². The molecule has 44 heavy (non-hydrogen) atoms. The van der Waals surface area contributed by atoms with Crippen LogP contribution in [0.4, 0.5) is 10.5 Å². The summed E-state index contributed by atoms with van der Waals surface area (Å²) >= 11 is 11.8. The molecule has 0 amide bonds. The number of allylic oxidation sites excluding steroid dienone is 1. The second-order valence-electron chi connectivity index (χ2n) is 13.3. The van der Waals surface area contributed by atoms with Crippen LogP contribution in [0.2, 0.25) is 0 Å². The predicted molar refractivity (Wildman–Crippen MR) is 168 cm³/mol. The minimum atomic E-state index is -1.26. The number of ether oxygens (including phenoxy) is 3. The Morgan fingerprint density at radius 1 is 0.932 bits per heavy atom. The number of ketones is 2. The molecule has 0 aromatic heterocycles. The minimum absolute atomic E-state index is 0.0125. The maximum absolute atomic E-state index is 13.3. The Bertz CT molecular complexity index is 1310. The van der Waals surface area contributed by atoms with Crippen molar-refractivity contribution in [3.63, 3.8) is 0 Å². The van der Waals surface area contributed by atoms with E-state index in [0.717, 1.165) is 44.2 Å². The molecule has 0 aliphatic heterocycles. The van der Waals surface area contributed by atoms with Gasteiger partial charge in [0.15, 0.2) is 23.8 Å². The number of benzene rings is 1. The summed E-state index contributed by atoms with van der Waals surface area (Å²) in [7, 11) is 0. The molecule has 3 saturated carbocycles. The quantitative estimate of drug-likeness (QED) is 0.154. The molecular formula is C34H43Cl2NO7. The first-order chi connectivity index (χ1) is 21.0. The van der Waals surface area contributed by atoms with Crippen molar-refractivity contribution >= 4 is 52.6 Å². The van der Waals surface area contributed by atoms with Gasteiger partial charge in [0.05, 0.1) is 0 Å². The third kappa shape index (κ3) is 5.89. The van der Waals surface area contributed by atoms with E-state index in [1.807, 2.05) is 11.0 Å². The van der Waals surface area contributed by atoms with Gasteiger partial charge in [0.2, 0.25) is 0 Å². The van der Waals surface area contributed by atoms with Crippen molar-refractivity contribution in [1.29, 1.82) is 0 Å². The first-order valence-electron chi connectivity index (χ1n) is 15.8. The van der Waals surface area contributed by atoms with Crippen LogP contribution >= 0.6 is 23.2 Å². The highest BCUT2D eigenvalue weighted by atomic mass is 35.5. The van der Waals surface area contributed by atoms with Crippen molar-refractivity contribution in [2.24, 2.45) is 28.6 Å². The van der Waals surface area contributed by atoms with Gasteiger partial charge in [-0.05, 0) is 105 Å². The van der Waals surface area contributed by atoms with E-state index in [1.54, 1.807) is 24.3 Å². The van der Waals surface area contributed by atoms with Gasteiger partial charge in [-0.2, -0.15) is 0 Å². The Hall–Kier alpha value is -2.58. The van der Waals surface area contributed by atoms with Crippen LogP contribution in [0.3, 0.4) is 0 Å². The normalized spacial score (nSPS) is 32.4. The van der Waals surface area contributed by atoms with Crippen LogP contribution in [0.25, 0.3) is 0 Å². The Balaban J connectivity index is 1.21. The molecule has 0 bridgehead atoms. The fraction of sp³-hybridized carbons (Fsp3) is 0.647. The maximum Gasteiger partial charge on any atom is 0.514 e. The molecule has 0 N–H and O–H groups in total. The van der Waals surface area contributed by atoms with Crippen molar-refractivity contribution in [3.05, 3.63) is 35.9 Å². The molecule has 1 aromatic rings. The summed E-state index contributed by atoms with van der Waals surface area (Å²) in [6.45, 7) is 6.53. The summed E-state index contributed by atoms with van der Waals surface area (Å²) in [5.74, 6) is 1.54. The smallest absolute Gasteiger partial charge is 0.448 e. The predicted octanol–water partition coefficient (Wildman–Crippen LogP) is 6.89. The van der Waals surface area contributed by atoms with Crippen molar-refractivity contribution in [2.75, 3.05) is 36.4 Å². The van der Waals surface area contributed by atoms with Crippen molar-refractivity contribution in [1.82, 2.24) is 0 Å². The topological polar surface area (TPSA) is 99.2 Å². The molecule has 4 aliphatic rings. The van der Waals surface area contributed by atoms with Crippen molar-refractivity contribution < 1.29 is 33.4 Å². The molecule has 1 aromatic carbocycles. The first kappa shape index (κ1) is 32.8. The van der Waals surface area contributed by atoms with Gasteiger partial charge < -0.3 is 19.1 Å². The second kappa shape index (κ2) is 13.0. The second-order valence-corrected chi connectivity index (χ2v) is 14.1. The Kier molecular flexibility index (Phi) is 9.72. The number of fused-ring (bicyclic) bond motifs is 5. The number of esters is 1. The Labute approximate surface area is 269 Å². The van der Waals surface area contributed by atoms with E-state index in [2.05, 4.69) is 13.8 Å². The number of carbonyl (C=O) groups is 4. The van der Waals surface area contributed by atoms with Gasteiger partial charge in [0.25, 0.3) is 0 Å². The van der Waals surface area contributed by atoms with Crippen molar-refractivity contribution in [2.45, 2.75) is 77.7 Å². The molecule has 4 aliphatic carbocycles. The summed E-state index contributed by atoms with van der Waals surface area (Å²) in [5.41, 5.74) is 0.413. The monoisotopic (exact) mass is 647 g/mol. The molecule has 10 heteroatoms. The SMILES string of the molecule is CC(=O)[C@@]1(OC(=O)COC(=O)Oc2ccc(N(CCCl)CCCl)cc2)CC[C@H]2[C@@H]3CCC4=CC(=O)CC[C@]4(C)[C@H]3CC[C@@]21C. The summed E-state index contributed by atoms with van der Waals surface area (Å²) in [5, 5.41) is 0. The number of carbonyl (C=O) groups excluding carboxylic acids is 4. The lowest BCUT2D eigenvalue weighted by Gasteiger charge is -2.59. The van der Waals surface area contributed by atoms with Gasteiger partial charge in [-0.15, -0.1) is 23.2 Å².